The second-order valence-electron chi connectivity index (χ2n) is 1.89. The molecule has 0 bridgehead atoms. The van der Waals surface area contributed by atoms with E-state index in [1.165, 1.54) is 0 Å². The van der Waals surface area contributed by atoms with Crippen LogP contribution in [0.3, 0.4) is 0 Å². The van der Waals surface area contributed by atoms with Crippen LogP contribution >= 0.6 is 11.6 Å². The smallest absolute Gasteiger partial charge is 0.291 e. The minimum atomic E-state index is -1.50. The van der Waals surface area contributed by atoms with Crippen molar-refractivity contribution in [2.75, 3.05) is 5.43 Å². The van der Waals surface area contributed by atoms with E-state index < -0.39 is 5.09 Å². The van der Waals surface area contributed by atoms with Crippen molar-refractivity contribution >= 4 is 17.3 Å². The first-order valence-electron chi connectivity index (χ1n) is 3.11. The molecule has 1 aromatic carbocycles. The lowest BCUT2D eigenvalue weighted by molar-refractivity contribution is -0.742. The van der Waals surface area contributed by atoms with Crippen molar-refractivity contribution < 1.29 is 10.3 Å². The van der Waals surface area contributed by atoms with Crippen LogP contribution in [0.25, 0.3) is 0 Å². The van der Waals surface area contributed by atoms with Gasteiger partial charge in [-0.2, -0.15) is 0 Å². The second-order valence-corrected chi connectivity index (χ2v) is 2.33. The van der Waals surface area contributed by atoms with Crippen LogP contribution in [0, 0.1) is 10.1 Å². The van der Waals surface area contributed by atoms with Crippen LogP contribution in [-0.4, -0.2) is 10.3 Å². The van der Waals surface area contributed by atoms with Crippen molar-refractivity contribution in [3.8, 4) is 0 Å². The molecule has 0 aromatic heterocycles. The van der Waals surface area contributed by atoms with E-state index in [4.69, 9.17) is 32.8 Å². The fraction of sp³-hybridized carbons (Fsp3) is 0. The van der Waals surface area contributed by atoms with E-state index in [9.17, 15) is 0 Å². The summed E-state index contributed by atoms with van der Waals surface area (Å²) in [5.74, 6) is 5.11. The molecule has 4 N–H and O–H groups in total. The number of nitrogen functional groups attached to an aromatic ring is 1. The topological polar surface area (TPSA) is 101 Å². The number of nitrogens with two attached hydrogens (primary N) is 1. The summed E-state index contributed by atoms with van der Waals surface area (Å²) in [5, 5.41) is 14.3. The highest BCUT2D eigenvalue weighted by molar-refractivity contribution is 6.30. The Hall–Kier alpha value is -1.53. The molecule has 0 amide bonds. The SMILES string of the molecule is NNc1cccc(Cl)c1.O=[N+]([O-])O. The van der Waals surface area contributed by atoms with Crippen LogP contribution in [0.1, 0.15) is 0 Å². The van der Waals surface area contributed by atoms with Crippen LogP contribution in [0.2, 0.25) is 5.02 Å². The van der Waals surface area contributed by atoms with Gasteiger partial charge in [-0.05, 0) is 18.2 Å². The van der Waals surface area contributed by atoms with Gasteiger partial charge in [0, 0.05) is 10.7 Å². The van der Waals surface area contributed by atoms with Crippen LogP contribution in [-0.2, 0) is 0 Å². The number of rotatable bonds is 1. The summed E-state index contributed by atoms with van der Waals surface area (Å²) in [6.07, 6.45) is 0. The zero-order chi connectivity index (χ0) is 10.3. The van der Waals surface area contributed by atoms with Crippen LogP contribution in [0.5, 0.6) is 0 Å². The number of hydrogen-bond donors (Lipinski definition) is 3. The number of benzene rings is 1. The molecule has 0 aliphatic carbocycles. The summed E-state index contributed by atoms with van der Waals surface area (Å²) in [7, 11) is 0. The number of hydrogen-bond acceptors (Lipinski definition) is 4. The molecule has 0 unspecified atom stereocenters. The third kappa shape index (κ3) is 6.85. The van der Waals surface area contributed by atoms with E-state index in [0.717, 1.165) is 5.69 Å². The van der Waals surface area contributed by atoms with Crippen molar-refractivity contribution in [1.29, 1.82) is 0 Å². The fourth-order valence-corrected chi connectivity index (χ4v) is 0.769. The van der Waals surface area contributed by atoms with E-state index in [0.29, 0.717) is 5.02 Å². The van der Waals surface area contributed by atoms with Gasteiger partial charge in [0.1, 0.15) is 0 Å². The maximum Gasteiger partial charge on any atom is 0.291 e. The predicted molar refractivity (Wildman–Crippen MR) is 48.0 cm³/mol. The zero-order valence-electron chi connectivity index (χ0n) is 6.48. The van der Waals surface area contributed by atoms with Gasteiger partial charge in [0.25, 0.3) is 5.09 Å². The van der Waals surface area contributed by atoms with Crippen molar-refractivity contribution in [2.24, 2.45) is 5.84 Å². The summed E-state index contributed by atoms with van der Waals surface area (Å²) < 4.78 is 0. The van der Waals surface area contributed by atoms with Gasteiger partial charge in [-0.15, -0.1) is 10.1 Å². The molecule has 0 fully saturated rings. The molecule has 72 valence electrons. The van der Waals surface area contributed by atoms with Gasteiger partial charge in [0.05, 0.1) is 0 Å². The van der Waals surface area contributed by atoms with E-state index in [-0.39, 0.29) is 0 Å². The number of hydrazine groups is 1. The molecule has 0 atom stereocenters. The van der Waals surface area contributed by atoms with E-state index in [1.807, 2.05) is 12.1 Å². The van der Waals surface area contributed by atoms with Gasteiger partial charge in [0.2, 0.25) is 0 Å². The third-order valence-corrected chi connectivity index (χ3v) is 1.23. The first kappa shape index (κ1) is 11.5. The Morgan fingerprint density at radius 2 is 2.15 bits per heavy atom. The molecule has 0 radical (unpaired) electrons. The Bertz CT molecular complexity index is 278. The molecule has 1 aromatic rings. The van der Waals surface area contributed by atoms with Crippen molar-refractivity contribution in [1.82, 2.24) is 0 Å². The maximum atomic E-state index is 8.36. The minimum Gasteiger partial charge on any atom is -0.328 e. The van der Waals surface area contributed by atoms with Gasteiger partial charge in [0.15, 0.2) is 0 Å². The molecule has 0 aliphatic heterocycles. The highest BCUT2D eigenvalue weighted by Gasteiger charge is 1.87. The number of nitrogens with one attached hydrogen (secondary N) is 1. The molecule has 0 saturated heterocycles. The first-order valence-corrected chi connectivity index (χ1v) is 3.49. The zero-order valence-corrected chi connectivity index (χ0v) is 7.23. The molecular formula is C6H8ClN3O3. The summed E-state index contributed by atoms with van der Waals surface area (Å²) in [5.41, 5.74) is 3.31. The van der Waals surface area contributed by atoms with Crippen LogP contribution in [0.4, 0.5) is 5.69 Å². The first-order chi connectivity index (χ1) is 6.06. The van der Waals surface area contributed by atoms with Gasteiger partial charge in [-0.25, -0.2) is 0 Å². The van der Waals surface area contributed by atoms with E-state index in [1.54, 1.807) is 12.1 Å². The third-order valence-electron chi connectivity index (χ3n) is 0.991. The fourth-order valence-electron chi connectivity index (χ4n) is 0.578. The van der Waals surface area contributed by atoms with Crippen LogP contribution in [0.15, 0.2) is 24.3 Å². The molecule has 13 heavy (non-hydrogen) atoms. The number of nitrogens with zero attached hydrogens (tertiary/aromatic N) is 1. The Morgan fingerprint density at radius 1 is 1.62 bits per heavy atom. The highest BCUT2D eigenvalue weighted by Crippen LogP contribution is 2.12. The van der Waals surface area contributed by atoms with Crippen LogP contribution < -0.4 is 11.3 Å². The van der Waals surface area contributed by atoms with Gasteiger partial charge < -0.3 is 10.6 Å². The highest BCUT2D eigenvalue weighted by atomic mass is 35.5. The van der Waals surface area contributed by atoms with Crippen molar-refractivity contribution in [3.63, 3.8) is 0 Å². The minimum absolute atomic E-state index is 0.686. The van der Waals surface area contributed by atoms with Crippen molar-refractivity contribution in [2.45, 2.75) is 0 Å². The lowest BCUT2D eigenvalue weighted by atomic mass is 10.3. The maximum absolute atomic E-state index is 8.36. The Balaban J connectivity index is 0.000000310. The average Bonchev–Trinajstić information content (AvgIpc) is 2.03. The quantitative estimate of drug-likeness (QED) is 0.364. The standard InChI is InChI=1S/C6H7ClN2.HNO3/c7-5-2-1-3-6(4-5)9-8;2-1(3)4/h1-4,9H,8H2;(H,2,3,4). The largest absolute Gasteiger partial charge is 0.328 e. The molecule has 1 rings (SSSR count). The normalized spacial score (nSPS) is 8.15. The van der Waals surface area contributed by atoms with Gasteiger partial charge >= 0.3 is 0 Å². The predicted octanol–water partition coefficient (Wildman–Crippen LogP) is 1.28. The van der Waals surface area contributed by atoms with E-state index in [2.05, 4.69) is 5.43 Å². The molecule has 6 nitrogen and oxygen atoms in total. The molecule has 0 saturated carbocycles. The second kappa shape index (κ2) is 6.04. The van der Waals surface area contributed by atoms with Gasteiger partial charge in [-0.3, -0.25) is 5.84 Å². The Kier molecular flexibility index (Phi) is 5.33. The summed E-state index contributed by atoms with van der Waals surface area (Å²) in [4.78, 5) is 8.36. The molecular weight excluding hydrogens is 198 g/mol. The molecule has 0 heterocycles. The van der Waals surface area contributed by atoms with Crippen molar-refractivity contribution in [3.05, 3.63) is 39.4 Å². The molecule has 7 heteroatoms. The molecule has 0 spiro atoms. The average molecular weight is 206 g/mol. The molecule has 0 aliphatic rings. The Labute approximate surface area is 79.0 Å². The Morgan fingerprint density at radius 3 is 2.46 bits per heavy atom. The van der Waals surface area contributed by atoms with E-state index >= 15 is 0 Å². The lowest BCUT2D eigenvalue weighted by Gasteiger charge is -1.96. The lowest BCUT2D eigenvalue weighted by Crippen LogP contribution is -2.05. The summed E-state index contributed by atoms with van der Waals surface area (Å²) in [6.45, 7) is 0. The summed E-state index contributed by atoms with van der Waals surface area (Å²) in [6, 6.07) is 7.22. The van der Waals surface area contributed by atoms with Gasteiger partial charge in [-0.1, -0.05) is 17.7 Å². The number of halogens is 1. The number of anilines is 1. The summed E-state index contributed by atoms with van der Waals surface area (Å²) >= 11 is 5.63. The monoisotopic (exact) mass is 205 g/mol.